The van der Waals surface area contributed by atoms with Crippen LogP contribution in [0.1, 0.15) is 27.7 Å². The number of likely N-dealkylation sites (tertiary alicyclic amines) is 1. The Kier molecular flexibility index (Phi) is 8.32. The number of nitrogens with zero attached hydrogens (tertiary/aromatic N) is 1. The zero-order chi connectivity index (χ0) is 23.6. The lowest BCUT2D eigenvalue weighted by atomic mass is 9.92. The summed E-state index contributed by atoms with van der Waals surface area (Å²) in [4.78, 5) is 51.0. The van der Waals surface area contributed by atoms with Gasteiger partial charge in [-0.05, 0) is 50.7 Å². The second kappa shape index (κ2) is 10.00. The summed E-state index contributed by atoms with van der Waals surface area (Å²) in [7, 11) is -2.21. The third kappa shape index (κ3) is 5.67. The summed E-state index contributed by atoms with van der Waals surface area (Å²) in [5.41, 5.74) is 0. The van der Waals surface area contributed by atoms with Crippen LogP contribution < -0.4 is 0 Å². The lowest BCUT2D eigenvalue weighted by molar-refractivity contribution is -0.174. The molecule has 0 aromatic carbocycles. The predicted molar refractivity (Wildman–Crippen MR) is 121 cm³/mol. The van der Waals surface area contributed by atoms with Gasteiger partial charge in [-0.25, -0.2) is 4.79 Å². The molecule has 0 aromatic rings. The van der Waals surface area contributed by atoms with Gasteiger partial charge in [0.15, 0.2) is 13.4 Å². The van der Waals surface area contributed by atoms with Crippen LogP contribution in [0.15, 0.2) is 12.7 Å². The van der Waals surface area contributed by atoms with Crippen molar-refractivity contribution < 1.29 is 28.3 Å². The highest BCUT2D eigenvalue weighted by molar-refractivity contribution is 8.14. The number of ether oxygens (including phenoxy) is 1. The number of β-lactam (4-membered cyclic amide) rings is 1. The number of amides is 2. The number of carbonyl (C=O) groups excluding carboxylic acids is 4. The molecule has 0 unspecified atom stereocenters. The van der Waals surface area contributed by atoms with Crippen LogP contribution in [0.5, 0.6) is 0 Å². The molecule has 1 saturated carbocycles. The topological polar surface area (TPSA) is 90.0 Å². The maximum absolute atomic E-state index is 12.9. The van der Waals surface area contributed by atoms with Gasteiger partial charge < -0.3 is 9.16 Å². The molecule has 31 heavy (non-hydrogen) atoms. The quantitative estimate of drug-likeness (QED) is 0.188. The molecule has 2 aliphatic rings. The summed E-state index contributed by atoms with van der Waals surface area (Å²) >= 11 is 0.848. The molecular weight excluding hydrogens is 434 g/mol. The summed E-state index contributed by atoms with van der Waals surface area (Å²) in [5, 5.41) is -1.21. The molecule has 3 atom stereocenters. The van der Waals surface area contributed by atoms with Crippen molar-refractivity contribution in [1.29, 1.82) is 0 Å². The van der Waals surface area contributed by atoms with Crippen LogP contribution in [0, 0.1) is 37.5 Å². The molecule has 7 nitrogen and oxygen atoms in total. The van der Waals surface area contributed by atoms with E-state index >= 15 is 0 Å². The third-order valence-corrected chi connectivity index (χ3v) is 11.5. The van der Waals surface area contributed by atoms with E-state index in [9.17, 15) is 19.2 Å². The first kappa shape index (κ1) is 25.8. The number of thioether (sulfide) groups is 1. The Labute approximate surface area is 190 Å². The molecule has 1 aliphatic heterocycles. The number of imide groups is 1. The lowest BCUT2D eigenvalue weighted by Gasteiger charge is -2.49. The van der Waals surface area contributed by atoms with Crippen LogP contribution in [0.2, 0.25) is 18.1 Å². The summed E-state index contributed by atoms with van der Waals surface area (Å²) in [6, 6.07) is 0. The van der Waals surface area contributed by atoms with E-state index < -0.39 is 43.5 Å². The summed E-state index contributed by atoms with van der Waals surface area (Å²) < 4.78 is 11.1. The Morgan fingerprint density at radius 2 is 1.84 bits per heavy atom. The monoisotopic (exact) mass is 464 g/mol. The SMILES string of the molecule is C=CCOC(=O)C(=O)N1C(=O)[C@H]([C@@H](C)O[Si](C)(C)C(C)(C)C)[C@H]1SC(=O)[C]1[CH][CH][CH][CH]1. The zero-order valence-electron chi connectivity index (χ0n) is 18.8. The van der Waals surface area contributed by atoms with E-state index in [4.69, 9.17) is 9.16 Å². The zero-order valence-corrected chi connectivity index (χ0v) is 20.7. The van der Waals surface area contributed by atoms with Crippen molar-refractivity contribution in [2.24, 2.45) is 5.92 Å². The van der Waals surface area contributed by atoms with Gasteiger partial charge in [-0.3, -0.25) is 19.3 Å². The number of hydrogen-bond donors (Lipinski definition) is 0. The van der Waals surface area contributed by atoms with E-state index in [1.54, 1.807) is 32.6 Å². The molecule has 0 spiro atoms. The largest absolute Gasteiger partial charge is 0.454 e. The van der Waals surface area contributed by atoms with E-state index in [1.165, 1.54) is 6.08 Å². The number of carbonyl (C=O) groups is 4. The van der Waals surface area contributed by atoms with E-state index in [0.29, 0.717) is 5.92 Å². The molecule has 0 bridgehead atoms. The van der Waals surface area contributed by atoms with E-state index in [2.05, 4.69) is 40.4 Å². The van der Waals surface area contributed by atoms with Crippen LogP contribution in [-0.2, 0) is 28.3 Å². The first-order valence-electron chi connectivity index (χ1n) is 10.1. The minimum Gasteiger partial charge on any atom is -0.454 e. The second-order valence-corrected chi connectivity index (χ2v) is 14.8. The highest BCUT2D eigenvalue weighted by Crippen LogP contribution is 2.44. The average molecular weight is 465 g/mol. The van der Waals surface area contributed by atoms with Gasteiger partial charge in [0.1, 0.15) is 12.0 Å². The number of hydrogen-bond acceptors (Lipinski definition) is 7. The molecular formula is C22H30NO6SSi. The van der Waals surface area contributed by atoms with E-state index in [-0.39, 0.29) is 16.8 Å². The van der Waals surface area contributed by atoms with Gasteiger partial charge in [-0.2, -0.15) is 0 Å². The molecule has 2 amide bonds. The van der Waals surface area contributed by atoms with Crippen molar-refractivity contribution in [3.8, 4) is 0 Å². The van der Waals surface area contributed by atoms with Crippen LogP contribution in [0.4, 0.5) is 0 Å². The highest BCUT2D eigenvalue weighted by atomic mass is 32.2. The van der Waals surface area contributed by atoms with Gasteiger partial charge in [-0.1, -0.05) is 45.2 Å². The van der Waals surface area contributed by atoms with Crippen LogP contribution in [0.25, 0.3) is 0 Å². The summed E-state index contributed by atoms with van der Waals surface area (Å²) in [5.74, 6) is -3.05. The molecule has 1 heterocycles. The van der Waals surface area contributed by atoms with Gasteiger partial charge >= 0.3 is 11.9 Å². The van der Waals surface area contributed by atoms with Crippen LogP contribution >= 0.6 is 11.8 Å². The molecule has 0 N–H and O–H groups in total. The Bertz CT molecular complexity index is 741. The fourth-order valence-corrected chi connectivity index (χ4v) is 5.67. The van der Waals surface area contributed by atoms with Crippen molar-refractivity contribution in [2.45, 2.75) is 57.3 Å². The van der Waals surface area contributed by atoms with Crippen molar-refractivity contribution in [3.63, 3.8) is 0 Å². The Hall–Kier alpha value is -1.45. The maximum atomic E-state index is 12.9. The van der Waals surface area contributed by atoms with Crippen molar-refractivity contribution in [3.05, 3.63) is 44.3 Å². The average Bonchev–Trinajstić information content (AvgIpc) is 3.19. The first-order valence-corrected chi connectivity index (χ1v) is 13.9. The molecule has 0 aromatic heterocycles. The Morgan fingerprint density at radius 3 is 2.35 bits per heavy atom. The first-order chi connectivity index (χ1) is 14.3. The minimum absolute atomic E-state index is 0.0776. The molecule has 1 aliphatic carbocycles. The highest BCUT2D eigenvalue weighted by Gasteiger charge is 2.57. The molecule has 1 saturated heterocycles. The molecule has 2 fully saturated rings. The van der Waals surface area contributed by atoms with Crippen LogP contribution in [0.3, 0.4) is 0 Å². The minimum atomic E-state index is -2.21. The van der Waals surface area contributed by atoms with Gasteiger partial charge in [0.2, 0.25) is 5.91 Å². The van der Waals surface area contributed by atoms with E-state index in [0.717, 1.165) is 16.7 Å². The maximum Gasteiger partial charge on any atom is 0.397 e. The predicted octanol–water partition coefficient (Wildman–Crippen LogP) is 3.10. The van der Waals surface area contributed by atoms with Crippen molar-refractivity contribution in [2.75, 3.05) is 6.61 Å². The van der Waals surface area contributed by atoms with Gasteiger partial charge in [0.25, 0.3) is 0 Å². The van der Waals surface area contributed by atoms with Crippen molar-refractivity contribution in [1.82, 2.24) is 4.90 Å². The van der Waals surface area contributed by atoms with Gasteiger partial charge in [0.05, 0.1) is 17.9 Å². The number of rotatable bonds is 7. The normalized spacial score (nSPS) is 23.3. The molecule has 2 rings (SSSR count). The third-order valence-electron chi connectivity index (χ3n) is 5.73. The van der Waals surface area contributed by atoms with Gasteiger partial charge in [-0.15, -0.1) is 0 Å². The van der Waals surface area contributed by atoms with Crippen molar-refractivity contribution >= 4 is 43.0 Å². The molecule has 9 heteroatoms. The smallest absolute Gasteiger partial charge is 0.397 e. The Balaban J connectivity index is 2.21. The summed E-state index contributed by atoms with van der Waals surface area (Å²) in [6.07, 6.45) is 7.58. The lowest BCUT2D eigenvalue weighted by Crippen LogP contribution is -2.67. The van der Waals surface area contributed by atoms with Crippen LogP contribution in [-0.4, -0.2) is 54.2 Å². The standard InChI is InChI=1S/C22H30NO6SSi/c1-8-13-28-20(26)18(25)23-17(24)16(14(2)29-31(6,7)22(3,4)5)19(23)30-21(27)15-11-9-10-12-15/h8-12,14,16,19H,1,13H2,2-7H3/t14-,16+,19-/m1/s1. The Morgan fingerprint density at radius 1 is 1.26 bits per heavy atom. The van der Waals surface area contributed by atoms with Gasteiger partial charge in [0, 0.05) is 0 Å². The fourth-order valence-electron chi connectivity index (χ4n) is 2.96. The summed E-state index contributed by atoms with van der Waals surface area (Å²) in [6.45, 7) is 15.5. The fraction of sp³-hybridized carbons (Fsp3) is 0.500. The molecule has 169 valence electrons. The number of esters is 1. The second-order valence-electron chi connectivity index (χ2n) is 8.98. The molecule has 5 radical (unpaired) electrons. The van der Waals surface area contributed by atoms with E-state index in [1.807, 2.05) is 0 Å².